The van der Waals surface area contributed by atoms with Crippen LogP contribution in [0.15, 0.2) is 72.8 Å². The fourth-order valence-corrected chi connectivity index (χ4v) is 5.29. The molecule has 1 atom stereocenters. The van der Waals surface area contributed by atoms with E-state index in [9.17, 15) is 18.8 Å². The third kappa shape index (κ3) is 3.21. The molecule has 2 aliphatic rings. The van der Waals surface area contributed by atoms with Crippen LogP contribution in [0.4, 0.5) is 14.9 Å². The minimum absolute atomic E-state index is 0.222. The molecule has 4 amide bonds. The number of para-hydroxylation sites is 1. The molecular formula is C28H23FN4O3. The molecule has 1 fully saturated rings. The quantitative estimate of drug-likeness (QED) is 0.421. The molecule has 1 unspecified atom stereocenters. The molecule has 1 saturated heterocycles. The summed E-state index contributed by atoms with van der Waals surface area (Å²) in [6, 6.07) is 19.8. The van der Waals surface area contributed by atoms with E-state index in [4.69, 9.17) is 0 Å². The van der Waals surface area contributed by atoms with Crippen LogP contribution in [0, 0.1) is 5.82 Å². The van der Waals surface area contributed by atoms with Crippen molar-refractivity contribution in [2.45, 2.75) is 25.4 Å². The molecule has 0 saturated carbocycles. The lowest BCUT2D eigenvalue weighted by molar-refractivity contribution is -0.125. The van der Waals surface area contributed by atoms with Crippen LogP contribution < -0.4 is 10.2 Å². The van der Waals surface area contributed by atoms with Crippen molar-refractivity contribution in [3.05, 3.63) is 101 Å². The van der Waals surface area contributed by atoms with Gasteiger partial charge in [0.15, 0.2) is 5.54 Å². The predicted octanol–water partition coefficient (Wildman–Crippen LogP) is 4.48. The van der Waals surface area contributed by atoms with Crippen molar-refractivity contribution in [2.24, 2.45) is 0 Å². The number of rotatable bonds is 4. The van der Waals surface area contributed by atoms with Gasteiger partial charge < -0.3 is 15.2 Å². The van der Waals surface area contributed by atoms with Gasteiger partial charge >= 0.3 is 6.03 Å². The fraction of sp³-hybridized carbons (Fsp3) is 0.179. The Morgan fingerprint density at radius 1 is 1.06 bits per heavy atom. The van der Waals surface area contributed by atoms with Crippen LogP contribution in [0.25, 0.3) is 10.9 Å². The molecule has 2 aliphatic heterocycles. The number of imide groups is 1. The summed E-state index contributed by atoms with van der Waals surface area (Å²) < 4.78 is 13.1. The molecular weight excluding hydrogens is 459 g/mol. The number of aromatic amines is 1. The van der Waals surface area contributed by atoms with Crippen LogP contribution >= 0.6 is 0 Å². The zero-order valence-electron chi connectivity index (χ0n) is 19.5. The Kier molecular flexibility index (Phi) is 4.93. The molecule has 4 aromatic rings. The standard InChI is InChI=1S/C28H23FN4O3/c1-28-24-22(21-7-2-3-8-23(21)31-24)13-14-32(28)27(36)33(26(28)35)20-6-4-5-18(15-20)25(34)30-16-17-9-11-19(29)12-10-17/h2-12,15,31H,13-14,16H2,1H3,(H,30,34). The van der Waals surface area contributed by atoms with E-state index in [1.54, 1.807) is 48.2 Å². The molecule has 3 aromatic carbocycles. The second kappa shape index (κ2) is 8.05. The van der Waals surface area contributed by atoms with Gasteiger partial charge in [0.05, 0.1) is 11.4 Å². The summed E-state index contributed by atoms with van der Waals surface area (Å²) in [5.41, 5.74) is 2.98. The van der Waals surface area contributed by atoms with E-state index in [0.717, 1.165) is 32.6 Å². The first-order chi connectivity index (χ1) is 17.4. The first-order valence-electron chi connectivity index (χ1n) is 11.8. The van der Waals surface area contributed by atoms with Gasteiger partial charge in [0.2, 0.25) is 0 Å². The Labute approximate surface area is 206 Å². The maximum atomic E-state index is 13.8. The summed E-state index contributed by atoms with van der Waals surface area (Å²) in [7, 11) is 0. The van der Waals surface area contributed by atoms with E-state index in [-0.39, 0.29) is 24.2 Å². The molecule has 180 valence electrons. The van der Waals surface area contributed by atoms with E-state index >= 15 is 0 Å². The van der Waals surface area contributed by atoms with E-state index < -0.39 is 11.6 Å². The highest BCUT2D eigenvalue weighted by Crippen LogP contribution is 2.45. The van der Waals surface area contributed by atoms with Crippen molar-refractivity contribution in [3.63, 3.8) is 0 Å². The van der Waals surface area contributed by atoms with Crippen LogP contribution in [0.3, 0.4) is 0 Å². The number of carbonyl (C=O) groups is 3. The van der Waals surface area contributed by atoms with Gasteiger partial charge in [-0.1, -0.05) is 36.4 Å². The Morgan fingerprint density at radius 3 is 2.64 bits per heavy atom. The molecule has 0 aliphatic carbocycles. The number of amides is 4. The van der Waals surface area contributed by atoms with E-state index in [2.05, 4.69) is 10.3 Å². The Bertz CT molecular complexity index is 1540. The molecule has 6 rings (SSSR count). The Balaban J connectivity index is 1.30. The van der Waals surface area contributed by atoms with Crippen molar-refractivity contribution in [3.8, 4) is 0 Å². The summed E-state index contributed by atoms with van der Waals surface area (Å²) in [5.74, 6) is -1.06. The molecule has 3 heterocycles. The zero-order chi connectivity index (χ0) is 25.0. The number of fused-ring (bicyclic) bond motifs is 5. The minimum Gasteiger partial charge on any atom is -0.356 e. The lowest BCUT2D eigenvalue weighted by atomic mass is 9.87. The van der Waals surface area contributed by atoms with Gasteiger partial charge in [-0.15, -0.1) is 0 Å². The number of carbonyl (C=O) groups excluding carboxylic acids is 3. The summed E-state index contributed by atoms with van der Waals surface area (Å²) >= 11 is 0. The molecule has 0 bridgehead atoms. The first-order valence-corrected chi connectivity index (χ1v) is 11.8. The lowest BCUT2D eigenvalue weighted by Gasteiger charge is -2.35. The number of urea groups is 1. The zero-order valence-corrected chi connectivity index (χ0v) is 19.5. The topological polar surface area (TPSA) is 85.5 Å². The minimum atomic E-state index is -1.16. The highest BCUT2D eigenvalue weighted by molar-refractivity contribution is 6.24. The monoisotopic (exact) mass is 482 g/mol. The summed E-state index contributed by atoms with van der Waals surface area (Å²) in [6.45, 7) is 2.42. The van der Waals surface area contributed by atoms with Gasteiger partial charge in [0.25, 0.3) is 11.8 Å². The molecule has 1 aromatic heterocycles. The molecule has 0 spiro atoms. The number of benzene rings is 3. The van der Waals surface area contributed by atoms with Crippen molar-refractivity contribution in [1.29, 1.82) is 0 Å². The Morgan fingerprint density at radius 2 is 1.83 bits per heavy atom. The Hall–Kier alpha value is -4.46. The fourth-order valence-electron chi connectivity index (χ4n) is 5.29. The number of anilines is 1. The van der Waals surface area contributed by atoms with Crippen LogP contribution in [0.2, 0.25) is 0 Å². The molecule has 0 radical (unpaired) electrons. The van der Waals surface area contributed by atoms with E-state index in [0.29, 0.717) is 24.2 Å². The van der Waals surface area contributed by atoms with Gasteiger partial charge in [-0.05, 0) is 60.9 Å². The van der Waals surface area contributed by atoms with Gasteiger partial charge in [0.1, 0.15) is 5.82 Å². The highest BCUT2D eigenvalue weighted by atomic mass is 19.1. The smallest absolute Gasteiger partial charge is 0.332 e. The number of nitrogens with zero attached hydrogens (tertiary/aromatic N) is 2. The van der Waals surface area contributed by atoms with E-state index in [1.807, 2.05) is 24.3 Å². The van der Waals surface area contributed by atoms with Crippen LogP contribution in [-0.4, -0.2) is 34.3 Å². The number of nitrogens with one attached hydrogen (secondary N) is 2. The van der Waals surface area contributed by atoms with Gasteiger partial charge in [0, 0.05) is 29.6 Å². The summed E-state index contributed by atoms with van der Waals surface area (Å²) in [6.07, 6.45) is 0.646. The van der Waals surface area contributed by atoms with Gasteiger partial charge in [-0.2, -0.15) is 0 Å². The number of halogens is 1. The van der Waals surface area contributed by atoms with Crippen LogP contribution in [0.1, 0.15) is 34.1 Å². The van der Waals surface area contributed by atoms with Gasteiger partial charge in [-0.25, -0.2) is 14.1 Å². The lowest BCUT2D eigenvalue weighted by Crippen LogP contribution is -2.49. The first kappa shape index (κ1) is 22.0. The van der Waals surface area contributed by atoms with Gasteiger partial charge in [-0.3, -0.25) is 9.59 Å². The van der Waals surface area contributed by atoms with E-state index in [1.165, 1.54) is 12.1 Å². The summed E-state index contributed by atoms with van der Waals surface area (Å²) in [5, 5.41) is 3.86. The molecule has 36 heavy (non-hydrogen) atoms. The van der Waals surface area contributed by atoms with Crippen molar-refractivity contribution < 1.29 is 18.8 Å². The molecule has 2 N–H and O–H groups in total. The second-order valence-electron chi connectivity index (χ2n) is 9.28. The highest BCUT2D eigenvalue weighted by Gasteiger charge is 2.59. The van der Waals surface area contributed by atoms with Crippen molar-refractivity contribution in [2.75, 3.05) is 11.4 Å². The molecule has 8 heteroatoms. The average molecular weight is 483 g/mol. The summed E-state index contributed by atoms with van der Waals surface area (Å²) in [4.78, 5) is 46.3. The molecule has 7 nitrogen and oxygen atoms in total. The number of H-pyrrole nitrogens is 1. The largest absolute Gasteiger partial charge is 0.356 e. The van der Waals surface area contributed by atoms with Crippen molar-refractivity contribution >= 4 is 34.4 Å². The maximum absolute atomic E-state index is 13.8. The van der Waals surface area contributed by atoms with Crippen molar-refractivity contribution in [1.82, 2.24) is 15.2 Å². The third-order valence-electron chi connectivity index (χ3n) is 7.20. The maximum Gasteiger partial charge on any atom is 0.332 e. The normalized spacial score (nSPS) is 18.9. The number of hydrogen-bond donors (Lipinski definition) is 2. The van der Waals surface area contributed by atoms with Crippen LogP contribution in [0.5, 0.6) is 0 Å². The SMILES string of the molecule is CC12C(=O)N(c3cccc(C(=O)NCc4ccc(F)cc4)c3)C(=O)N1CCc1c2[nH]c2ccccc12. The third-order valence-corrected chi connectivity index (χ3v) is 7.20. The number of hydrogen-bond acceptors (Lipinski definition) is 3. The van der Waals surface area contributed by atoms with Crippen LogP contribution in [-0.2, 0) is 23.3 Å². The predicted molar refractivity (Wildman–Crippen MR) is 133 cm³/mol. The second-order valence-corrected chi connectivity index (χ2v) is 9.28. The number of aromatic nitrogens is 1. The average Bonchev–Trinajstić information content (AvgIpc) is 3.37.